The van der Waals surface area contributed by atoms with Crippen molar-refractivity contribution < 1.29 is 28.5 Å². The third kappa shape index (κ3) is 3.10. The van der Waals surface area contributed by atoms with E-state index >= 15 is 0 Å². The highest BCUT2D eigenvalue weighted by atomic mass is 16.5. The van der Waals surface area contributed by atoms with Crippen molar-refractivity contribution in [2.24, 2.45) is 0 Å². The molecule has 2 heterocycles. The number of hydrogen-bond donors (Lipinski definition) is 1. The van der Waals surface area contributed by atoms with Gasteiger partial charge in [0.1, 0.15) is 11.5 Å². The van der Waals surface area contributed by atoms with Gasteiger partial charge in [-0.3, -0.25) is 9.59 Å². The highest BCUT2D eigenvalue weighted by molar-refractivity contribution is 5.83. The van der Waals surface area contributed by atoms with Gasteiger partial charge in [-0.2, -0.15) is 0 Å². The summed E-state index contributed by atoms with van der Waals surface area (Å²) in [7, 11) is 6.02. The van der Waals surface area contributed by atoms with E-state index in [1.165, 1.54) is 21.3 Å². The van der Waals surface area contributed by atoms with Crippen LogP contribution in [0.25, 0.3) is 10.9 Å². The van der Waals surface area contributed by atoms with Crippen molar-refractivity contribution in [1.29, 1.82) is 0 Å². The van der Waals surface area contributed by atoms with Gasteiger partial charge in [-0.25, -0.2) is 0 Å². The molecule has 2 aromatic carbocycles. The summed E-state index contributed by atoms with van der Waals surface area (Å²) in [6, 6.07) is 8.75. The van der Waals surface area contributed by atoms with E-state index in [1.54, 1.807) is 25.3 Å². The molecule has 1 atom stereocenters. The second kappa shape index (κ2) is 7.62. The number of methoxy groups -OCH3 is 4. The molecular weight excluding hydrogens is 390 g/mol. The number of aromatic nitrogens is 1. The molecule has 4 rings (SSSR count). The van der Waals surface area contributed by atoms with E-state index in [2.05, 4.69) is 4.98 Å². The van der Waals surface area contributed by atoms with Gasteiger partial charge in [-0.15, -0.1) is 0 Å². The van der Waals surface area contributed by atoms with E-state index in [0.29, 0.717) is 39.6 Å². The van der Waals surface area contributed by atoms with Crippen LogP contribution in [0.5, 0.6) is 28.7 Å². The van der Waals surface area contributed by atoms with Gasteiger partial charge in [0.25, 0.3) is 5.56 Å². The van der Waals surface area contributed by atoms with Crippen LogP contribution < -0.4 is 29.2 Å². The lowest BCUT2D eigenvalue weighted by molar-refractivity contribution is -0.135. The van der Waals surface area contributed by atoms with Crippen molar-refractivity contribution in [3.8, 4) is 28.7 Å². The molecular formula is C22H21NO7. The molecule has 8 nitrogen and oxygen atoms in total. The summed E-state index contributed by atoms with van der Waals surface area (Å²) in [5.41, 5.74) is 1.32. The van der Waals surface area contributed by atoms with E-state index in [4.69, 9.17) is 23.7 Å². The number of nitrogens with one attached hydrogen (secondary N) is 1. The van der Waals surface area contributed by atoms with E-state index in [0.717, 1.165) is 5.39 Å². The maximum Gasteiger partial charge on any atom is 0.312 e. The Balaban J connectivity index is 1.96. The fraction of sp³-hybridized carbons (Fsp3) is 0.273. The fourth-order valence-electron chi connectivity index (χ4n) is 3.85. The van der Waals surface area contributed by atoms with Crippen molar-refractivity contribution >= 4 is 16.9 Å². The molecule has 30 heavy (non-hydrogen) atoms. The highest BCUT2D eigenvalue weighted by Gasteiger charge is 2.36. The molecule has 0 spiro atoms. The van der Waals surface area contributed by atoms with Crippen molar-refractivity contribution in [1.82, 2.24) is 4.98 Å². The Hall–Kier alpha value is -3.68. The van der Waals surface area contributed by atoms with Crippen LogP contribution in [0, 0.1) is 0 Å². The van der Waals surface area contributed by atoms with Crippen LogP contribution in [0.15, 0.2) is 35.1 Å². The monoisotopic (exact) mass is 411 g/mol. The predicted octanol–water partition coefficient (Wildman–Crippen LogP) is 3.00. The van der Waals surface area contributed by atoms with Gasteiger partial charge < -0.3 is 28.7 Å². The third-order valence-electron chi connectivity index (χ3n) is 5.23. The van der Waals surface area contributed by atoms with E-state index in [9.17, 15) is 9.59 Å². The lowest BCUT2D eigenvalue weighted by atomic mass is 9.85. The van der Waals surface area contributed by atoms with Crippen LogP contribution in [0.3, 0.4) is 0 Å². The summed E-state index contributed by atoms with van der Waals surface area (Å²) >= 11 is 0. The van der Waals surface area contributed by atoms with Gasteiger partial charge in [0.15, 0.2) is 11.5 Å². The predicted molar refractivity (Wildman–Crippen MR) is 109 cm³/mol. The SMILES string of the molecule is COc1ccc2cc([C@H]3CC(=O)Oc4cc(OC)c(OC)c(OC)c43)c(=O)[nH]c2c1. The lowest BCUT2D eigenvalue weighted by Gasteiger charge is -2.28. The number of fused-ring (bicyclic) bond motifs is 2. The first-order valence-corrected chi connectivity index (χ1v) is 9.25. The molecule has 0 aliphatic carbocycles. The molecule has 0 amide bonds. The number of ether oxygens (including phenoxy) is 5. The molecule has 156 valence electrons. The zero-order chi connectivity index (χ0) is 21.4. The first-order valence-electron chi connectivity index (χ1n) is 9.25. The number of esters is 1. The zero-order valence-corrected chi connectivity index (χ0v) is 17.0. The Morgan fingerprint density at radius 3 is 2.37 bits per heavy atom. The maximum absolute atomic E-state index is 13.0. The number of aromatic amines is 1. The Morgan fingerprint density at radius 2 is 1.70 bits per heavy atom. The Morgan fingerprint density at radius 1 is 0.933 bits per heavy atom. The lowest BCUT2D eigenvalue weighted by Crippen LogP contribution is -2.26. The molecule has 1 N–H and O–H groups in total. The molecule has 8 heteroatoms. The molecule has 0 bridgehead atoms. The summed E-state index contributed by atoms with van der Waals surface area (Å²) in [5.74, 6) is 0.974. The smallest absolute Gasteiger partial charge is 0.312 e. The van der Waals surface area contributed by atoms with Crippen LogP contribution in [0.1, 0.15) is 23.5 Å². The standard InChI is InChI=1S/C22H21NO7/c1-26-12-6-5-11-7-14(22(25)23-15(11)8-12)13-9-18(24)30-16-10-17(27-2)20(28-3)21(29-4)19(13)16/h5-8,10,13H,9H2,1-4H3,(H,23,25)/t13-/m1/s1. The number of H-pyrrole nitrogens is 1. The molecule has 0 saturated carbocycles. The first kappa shape index (κ1) is 19.6. The van der Waals surface area contributed by atoms with Crippen LogP contribution in [-0.2, 0) is 4.79 Å². The fourth-order valence-corrected chi connectivity index (χ4v) is 3.85. The zero-order valence-electron chi connectivity index (χ0n) is 17.0. The summed E-state index contributed by atoms with van der Waals surface area (Å²) in [6.45, 7) is 0. The second-order valence-corrected chi connectivity index (χ2v) is 6.79. The third-order valence-corrected chi connectivity index (χ3v) is 5.23. The van der Waals surface area contributed by atoms with Crippen molar-refractivity contribution in [2.45, 2.75) is 12.3 Å². The highest BCUT2D eigenvalue weighted by Crippen LogP contribution is 2.52. The summed E-state index contributed by atoms with van der Waals surface area (Å²) in [4.78, 5) is 28.2. The molecule has 1 aliphatic rings. The second-order valence-electron chi connectivity index (χ2n) is 6.79. The minimum absolute atomic E-state index is 0.0103. The average molecular weight is 411 g/mol. The normalized spacial score (nSPS) is 15.3. The number of carbonyl (C=O) groups excluding carboxylic acids is 1. The van der Waals surface area contributed by atoms with Crippen LogP contribution in [0.2, 0.25) is 0 Å². The topological polar surface area (TPSA) is 96.1 Å². The molecule has 1 aliphatic heterocycles. The number of carbonyl (C=O) groups is 1. The molecule has 0 unspecified atom stereocenters. The maximum atomic E-state index is 13.0. The van der Waals surface area contributed by atoms with Gasteiger partial charge in [-0.05, 0) is 23.6 Å². The summed E-state index contributed by atoms with van der Waals surface area (Å²) < 4.78 is 27.1. The van der Waals surface area contributed by atoms with E-state index in [1.807, 2.05) is 12.1 Å². The number of pyridine rings is 1. The number of benzene rings is 2. The summed E-state index contributed by atoms with van der Waals surface area (Å²) in [6.07, 6.45) is -0.0103. The Kier molecular flexibility index (Phi) is 4.99. The number of hydrogen-bond acceptors (Lipinski definition) is 7. The van der Waals surface area contributed by atoms with Crippen molar-refractivity contribution in [3.05, 3.63) is 51.8 Å². The summed E-state index contributed by atoms with van der Waals surface area (Å²) in [5, 5.41) is 0.810. The van der Waals surface area contributed by atoms with Gasteiger partial charge in [0.05, 0.1) is 40.4 Å². The molecule has 0 fully saturated rings. The van der Waals surface area contributed by atoms with Crippen molar-refractivity contribution in [3.63, 3.8) is 0 Å². The minimum atomic E-state index is -0.578. The quantitative estimate of drug-likeness (QED) is 0.509. The number of rotatable bonds is 5. The molecule has 3 aromatic rings. The van der Waals surface area contributed by atoms with E-state index < -0.39 is 11.9 Å². The largest absolute Gasteiger partial charge is 0.497 e. The minimum Gasteiger partial charge on any atom is -0.497 e. The van der Waals surface area contributed by atoms with Crippen LogP contribution in [-0.4, -0.2) is 39.4 Å². The molecule has 0 radical (unpaired) electrons. The van der Waals surface area contributed by atoms with Crippen LogP contribution in [0.4, 0.5) is 0 Å². The van der Waals surface area contributed by atoms with E-state index in [-0.39, 0.29) is 17.7 Å². The molecule has 1 aromatic heterocycles. The first-order chi connectivity index (χ1) is 14.5. The average Bonchev–Trinajstić information content (AvgIpc) is 2.75. The van der Waals surface area contributed by atoms with Gasteiger partial charge in [0, 0.05) is 29.2 Å². The van der Waals surface area contributed by atoms with Crippen molar-refractivity contribution in [2.75, 3.05) is 28.4 Å². The molecule has 0 saturated heterocycles. The van der Waals surface area contributed by atoms with Crippen LogP contribution >= 0.6 is 0 Å². The van der Waals surface area contributed by atoms with Gasteiger partial charge in [0.2, 0.25) is 5.75 Å². The van der Waals surface area contributed by atoms with Gasteiger partial charge >= 0.3 is 5.97 Å². The Labute approximate surface area is 172 Å². The van der Waals surface area contributed by atoms with Gasteiger partial charge in [-0.1, -0.05) is 0 Å². The Bertz CT molecular complexity index is 1200.